The molecule has 2 unspecified atom stereocenters. The molecular weight excluding hydrogens is 264 g/mol. The van der Waals surface area contributed by atoms with Gasteiger partial charge in [0.2, 0.25) is 0 Å². The van der Waals surface area contributed by atoms with E-state index in [0.29, 0.717) is 0 Å². The van der Waals surface area contributed by atoms with Gasteiger partial charge in [-0.1, -0.05) is 0 Å². The molecule has 21 heavy (non-hydrogen) atoms. The molecule has 2 fully saturated rings. The first kappa shape index (κ1) is 12.6. The Balaban J connectivity index is 1.52. The molecule has 2 aromatic rings. The number of hydrogen-bond acceptors (Lipinski definition) is 5. The van der Waals surface area contributed by atoms with E-state index in [4.69, 9.17) is 0 Å². The number of phenols is 1. The Bertz CT molecular complexity index is 614. The third-order valence-corrected chi connectivity index (χ3v) is 4.53. The Morgan fingerprint density at radius 2 is 1.67 bits per heavy atom. The number of phenolic OH excluding ortho intramolecular Hbond substituents is 1. The van der Waals surface area contributed by atoms with Crippen LogP contribution in [0.1, 0.15) is 0 Å². The smallest absolute Gasteiger partial charge is 0.151 e. The quantitative estimate of drug-likeness (QED) is 0.874. The SMILES string of the molecule is Oc1ccc(-c2ccc(N3CC4CNCC4C3)nn2)cc1. The van der Waals surface area contributed by atoms with Gasteiger partial charge in [0.25, 0.3) is 0 Å². The molecule has 1 aromatic carbocycles. The fourth-order valence-corrected chi connectivity index (χ4v) is 3.32. The van der Waals surface area contributed by atoms with Crippen molar-refractivity contribution in [2.45, 2.75) is 0 Å². The molecule has 2 saturated heterocycles. The van der Waals surface area contributed by atoms with E-state index in [0.717, 1.165) is 55.1 Å². The van der Waals surface area contributed by atoms with Gasteiger partial charge in [-0.05, 0) is 48.2 Å². The number of nitrogens with zero attached hydrogens (tertiary/aromatic N) is 3. The van der Waals surface area contributed by atoms with Crippen molar-refractivity contribution in [2.75, 3.05) is 31.1 Å². The molecule has 108 valence electrons. The maximum atomic E-state index is 9.32. The highest BCUT2D eigenvalue weighted by molar-refractivity contribution is 5.60. The van der Waals surface area contributed by atoms with Crippen LogP contribution in [0.4, 0.5) is 5.82 Å². The van der Waals surface area contributed by atoms with Gasteiger partial charge < -0.3 is 15.3 Å². The number of anilines is 1. The normalized spacial score (nSPS) is 24.3. The van der Waals surface area contributed by atoms with E-state index in [1.54, 1.807) is 12.1 Å². The standard InChI is InChI=1S/C16H18N4O/c21-14-3-1-11(2-4-14)15-5-6-16(19-18-15)20-9-12-7-17-8-13(12)10-20/h1-6,12-13,17,21H,7-10H2. The monoisotopic (exact) mass is 282 g/mol. The van der Waals surface area contributed by atoms with Crippen LogP contribution in [-0.4, -0.2) is 41.5 Å². The fraction of sp³-hybridized carbons (Fsp3) is 0.375. The van der Waals surface area contributed by atoms with E-state index in [2.05, 4.69) is 20.4 Å². The second-order valence-corrected chi connectivity index (χ2v) is 5.91. The fourth-order valence-electron chi connectivity index (χ4n) is 3.32. The number of benzene rings is 1. The first-order chi connectivity index (χ1) is 10.3. The molecule has 0 spiro atoms. The third kappa shape index (κ3) is 2.34. The first-order valence-corrected chi connectivity index (χ1v) is 7.38. The minimum Gasteiger partial charge on any atom is -0.508 e. The van der Waals surface area contributed by atoms with Crippen LogP contribution in [0.5, 0.6) is 5.75 Å². The summed E-state index contributed by atoms with van der Waals surface area (Å²) in [4.78, 5) is 2.34. The summed E-state index contributed by atoms with van der Waals surface area (Å²) in [5.41, 5.74) is 1.80. The molecule has 5 nitrogen and oxygen atoms in total. The number of nitrogens with one attached hydrogen (secondary N) is 1. The Morgan fingerprint density at radius 1 is 0.952 bits per heavy atom. The molecule has 2 atom stereocenters. The van der Waals surface area contributed by atoms with E-state index in [-0.39, 0.29) is 5.75 Å². The van der Waals surface area contributed by atoms with Crippen LogP contribution < -0.4 is 10.2 Å². The summed E-state index contributed by atoms with van der Waals surface area (Å²) >= 11 is 0. The lowest BCUT2D eigenvalue weighted by Gasteiger charge is -2.17. The molecule has 0 bridgehead atoms. The van der Waals surface area contributed by atoms with Crippen molar-refractivity contribution in [2.24, 2.45) is 11.8 Å². The second kappa shape index (κ2) is 5.00. The van der Waals surface area contributed by atoms with Crippen LogP contribution in [-0.2, 0) is 0 Å². The summed E-state index contributed by atoms with van der Waals surface area (Å²) in [6.07, 6.45) is 0. The second-order valence-electron chi connectivity index (χ2n) is 5.91. The third-order valence-electron chi connectivity index (χ3n) is 4.53. The number of aromatic nitrogens is 2. The average molecular weight is 282 g/mol. The molecule has 1 aromatic heterocycles. The maximum Gasteiger partial charge on any atom is 0.151 e. The van der Waals surface area contributed by atoms with Crippen molar-refractivity contribution in [1.82, 2.24) is 15.5 Å². The van der Waals surface area contributed by atoms with Gasteiger partial charge >= 0.3 is 0 Å². The Labute approximate surface area is 123 Å². The van der Waals surface area contributed by atoms with Gasteiger partial charge in [0.15, 0.2) is 5.82 Å². The van der Waals surface area contributed by atoms with E-state index >= 15 is 0 Å². The summed E-state index contributed by atoms with van der Waals surface area (Å²) in [6, 6.07) is 11.1. The maximum absolute atomic E-state index is 9.32. The molecule has 2 aliphatic rings. The predicted molar refractivity (Wildman–Crippen MR) is 81.2 cm³/mol. The molecule has 0 aliphatic carbocycles. The van der Waals surface area contributed by atoms with Crippen molar-refractivity contribution < 1.29 is 5.11 Å². The summed E-state index contributed by atoms with van der Waals surface area (Å²) in [6.45, 7) is 4.40. The molecule has 4 rings (SSSR count). The van der Waals surface area contributed by atoms with E-state index in [1.165, 1.54) is 0 Å². The minimum absolute atomic E-state index is 0.264. The Morgan fingerprint density at radius 3 is 2.29 bits per heavy atom. The molecule has 0 radical (unpaired) electrons. The lowest BCUT2D eigenvalue weighted by Crippen LogP contribution is -2.26. The first-order valence-electron chi connectivity index (χ1n) is 7.38. The zero-order chi connectivity index (χ0) is 14.2. The van der Waals surface area contributed by atoms with Gasteiger partial charge in [-0.25, -0.2) is 0 Å². The number of rotatable bonds is 2. The summed E-state index contributed by atoms with van der Waals surface area (Å²) < 4.78 is 0. The lowest BCUT2D eigenvalue weighted by atomic mass is 10.0. The molecule has 2 aliphatic heterocycles. The minimum atomic E-state index is 0.264. The summed E-state index contributed by atoms with van der Waals surface area (Å²) in [7, 11) is 0. The van der Waals surface area contributed by atoms with E-state index in [9.17, 15) is 5.11 Å². The number of aromatic hydroxyl groups is 1. The highest BCUT2D eigenvalue weighted by Gasteiger charge is 2.36. The zero-order valence-corrected chi connectivity index (χ0v) is 11.7. The van der Waals surface area contributed by atoms with Crippen LogP contribution in [0.15, 0.2) is 36.4 Å². The van der Waals surface area contributed by atoms with Gasteiger partial charge in [0.05, 0.1) is 5.69 Å². The predicted octanol–water partition coefficient (Wildman–Crippen LogP) is 1.50. The Kier molecular flexibility index (Phi) is 3.00. The summed E-state index contributed by atoms with van der Waals surface area (Å²) in [5, 5.41) is 21.5. The molecule has 3 heterocycles. The van der Waals surface area contributed by atoms with Crippen molar-refractivity contribution >= 4 is 5.82 Å². The Hall–Kier alpha value is -2.14. The number of hydrogen-bond donors (Lipinski definition) is 2. The van der Waals surface area contributed by atoms with Gasteiger partial charge in [-0.3, -0.25) is 0 Å². The van der Waals surface area contributed by atoms with Gasteiger partial charge in [-0.2, -0.15) is 0 Å². The molecule has 0 saturated carbocycles. The average Bonchev–Trinajstić information content (AvgIpc) is 3.10. The molecule has 2 N–H and O–H groups in total. The van der Waals surface area contributed by atoms with E-state index in [1.807, 2.05) is 24.3 Å². The highest BCUT2D eigenvalue weighted by atomic mass is 16.3. The van der Waals surface area contributed by atoms with Crippen LogP contribution in [0.25, 0.3) is 11.3 Å². The van der Waals surface area contributed by atoms with Crippen molar-refractivity contribution in [3.05, 3.63) is 36.4 Å². The zero-order valence-electron chi connectivity index (χ0n) is 11.7. The van der Waals surface area contributed by atoms with E-state index < -0.39 is 0 Å². The molecule has 5 heteroatoms. The summed E-state index contributed by atoms with van der Waals surface area (Å²) in [5.74, 6) is 2.74. The van der Waals surface area contributed by atoms with Crippen molar-refractivity contribution in [3.8, 4) is 17.0 Å². The van der Waals surface area contributed by atoms with Crippen molar-refractivity contribution in [1.29, 1.82) is 0 Å². The van der Waals surface area contributed by atoms with Gasteiger partial charge in [0.1, 0.15) is 5.75 Å². The van der Waals surface area contributed by atoms with Crippen molar-refractivity contribution in [3.63, 3.8) is 0 Å². The van der Waals surface area contributed by atoms with Gasteiger partial charge in [-0.15, -0.1) is 10.2 Å². The lowest BCUT2D eigenvalue weighted by molar-refractivity contribution is 0.475. The highest BCUT2D eigenvalue weighted by Crippen LogP contribution is 2.29. The van der Waals surface area contributed by atoms with Crippen LogP contribution in [0.3, 0.4) is 0 Å². The van der Waals surface area contributed by atoms with Crippen LogP contribution in [0.2, 0.25) is 0 Å². The topological polar surface area (TPSA) is 61.3 Å². The number of fused-ring (bicyclic) bond motifs is 1. The molecule has 0 amide bonds. The van der Waals surface area contributed by atoms with Crippen LogP contribution in [0, 0.1) is 11.8 Å². The molecular formula is C16H18N4O. The van der Waals surface area contributed by atoms with Crippen LogP contribution >= 0.6 is 0 Å². The van der Waals surface area contributed by atoms with Gasteiger partial charge in [0, 0.05) is 31.7 Å². The largest absolute Gasteiger partial charge is 0.508 e.